The molecule has 0 aromatic heterocycles. The molecule has 102 valence electrons. The molecule has 19 heavy (non-hydrogen) atoms. The second kappa shape index (κ2) is 6.16. The lowest BCUT2D eigenvalue weighted by Crippen LogP contribution is -2.50. The first-order valence-electron chi connectivity index (χ1n) is 6.71. The van der Waals surface area contributed by atoms with E-state index in [0.29, 0.717) is 18.2 Å². The van der Waals surface area contributed by atoms with Crippen molar-refractivity contribution in [1.29, 1.82) is 5.26 Å². The molecule has 1 fully saturated rings. The number of hydrogen-bond acceptors (Lipinski definition) is 4. The van der Waals surface area contributed by atoms with Crippen LogP contribution in [0.25, 0.3) is 0 Å². The maximum Gasteiger partial charge on any atom is 0.0991 e. The highest BCUT2D eigenvalue weighted by molar-refractivity contribution is 5.32. The largest absolute Gasteiger partial charge is 0.387 e. The van der Waals surface area contributed by atoms with Crippen molar-refractivity contribution in [1.82, 2.24) is 9.80 Å². The fourth-order valence-corrected chi connectivity index (χ4v) is 2.42. The van der Waals surface area contributed by atoms with Crippen molar-refractivity contribution >= 4 is 0 Å². The Bertz CT molecular complexity index is 451. The van der Waals surface area contributed by atoms with Gasteiger partial charge in [-0.25, -0.2) is 0 Å². The average molecular weight is 259 g/mol. The Labute approximate surface area is 114 Å². The van der Waals surface area contributed by atoms with Crippen molar-refractivity contribution in [3.63, 3.8) is 0 Å². The lowest BCUT2D eigenvalue weighted by atomic mass is 10.1. The van der Waals surface area contributed by atoms with E-state index in [1.807, 2.05) is 12.1 Å². The molecule has 2 unspecified atom stereocenters. The third-order valence-corrected chi connectivity index (χ3v) is 3.90. The molecule has 1 N–H and O–H groups in total. The summed E-state index contributed by atoms with van der Waals surface area (Å²) in [5, 5.41) is 19.0. The second-order valence-electron chi connectivity index (χ2n) is 5.34. The van der Waals surface area contributed by atoms with E-state index in [-0.39, 0.29) is 0 Å². The van der Waals surface area contributed by atoms with E-state index in [4.69, 9.17) is 5.26 Å². The smallest absolute Gasteiger partial charge is 0.0991 e. The minimum atomic E-state index is -0.483. The molecule has 1 aromatic carbocycles. The highest BCUT2D eigenvalue weighted by atomic mass is 16.3. The summed E-state index contributed by atoms with van der Waals surface area (Å²) in [4.78, 5) is 4.64. The second-order valence-corrected chi connectivity index (χ2v) is 5.34. The molecule has 0 spiro atoms. The summed E-state index contributed by atoms with van der Waals surface area (Å²) in [6.45, 7) is 5.89. The minimum absolute atomic E-state index is 0.483. The Kier molecular flexibility index (Phi) is 4.54. The fraction of sp³-hybridized carbons (Fsp3) is 0.533. The molecule has 1 saturated heterocycles. The Morgan fingerprint density at radius 2 is 2.05 bits per heavy atom. The van der Waals surface area contributed by atoms with Gasteiger partial charge in [-0.05, 0) is 31.7 Å². The molecule has 1 aliphatic rings. The summed E-state index contributed by atoms with van der Waals surface area (Å²) in [6.07, 6.45) is -0.483. The molecule has 4 nitrogen and oxygen atoms in total. The number of aliphatic hydroxyl groups is 1. The van der Waals surface area contributed by atoms with E-state index in [9.17, 15) is 5.11 Å². The number of likely N-dealkylation sites (N-methyl/N-ethyl adjacent to an activating group) is 1. The van der Waals surface area contributed by atoms with Gasteiger partial charge in [0.15, 0.2) is 0 Å². The van der Waals surface area contributed by atoms with Crippen molar-refractivity contribution in [2.24, 2.45) is 0 Å². The lowest BCUT2D eigenvalue weighted by Gasteiger charge is -2.38. The lowest BCUT2D eigenvalue weighted by molar-refractivity contribution is 0.0568. The van der Waals surface area contributed by atoms with Crippen molar-refractivity contribution in [2.45, 2.75) is 19.1 Å². The number of benzene rings is 1. The van der Waals surface area contributed by atoms with Crippen molar-refractivity contribution in [2.75, 3.05) is 33.2 Å². The van der Waals surface area contributed by atoms with Crippen molar-refractivity contribution in [3.8, 4) is 6.07 Å². The Morgan fingerprint density at radius 3 is 2.63 bits per heavy atom. The number of rotatable bonds is 3. The normalized spacial score (nSPS) is 22.9. The molecule has 0 bridgehead atoms. The molecular weight excluding hydrogens is 238 g/mol. The van der Waals surface area contributed by atoms with Crippen LogP contribution in [-0.4, -0.2) is 54.2 Å². The maximum absolute atomic E-state index is 10.3. The maximum atomic E-state index is 10.3. The third kappa shape index (κ3) is 3.54. The zero-order valence-corrected chi connectivity index (χ0v) is 11.6. The summed E-state index contributed by atoms with van der Waals surface area (Å²) >= 11 is 0. The molecule has 1 heterocycles. The monoisotopic (exact) mass is 259 g/mol. The molecule has 0 radical (unpaired) electrons. The predicted octanol–water partition coefficient (Wildman–Crippen LogP) is 1.23. The molecule has 4 heteroatoms. The van der Waals surface area contributed by atoms with Gasteiger partial charge in [-0.2, -0.15) is 5.26 Å². The van der Waals surface area contributed by atoms with Gasteiger partial charge in [0.1, 0.15) is 0 Å². The number of nitrogens with zero attached hydrogens (tertiary/aromatic N) is 3. The topological polar surface area (TPSA) is 50.5 Å². The van der Waals surface area contributed by atoms with Crippen LogP contribution in [0.15, 0.2) is 24.3 Å². The summed E-state index contributed by atoms with van der Waals surface area (Å²) in [6, 6.07) is 9.80. The van der Waals surface area contributed by atoms with E-state index in [1.54, 1.807) is 12.1 Å². The van der Waals surface area contributed by atoms with Crippen molar-refractivity contribution in [3.05, 3.63) is 35.4 Å². The zero-order valence-electron chi connectivity index (χ0n) is 11.6. The fourth-order valence-electron chi connectivity index (χ4n) is 2.42. The first kappa shape index (κ1) is 14.0. The molecule has 2 atom stereocenters. The van der Waals surface area contributed by atoms with E-state index in [2.05, 4.69) is 29.8 Å². The molecule has 1 aromatic rings. The van der Waals surface area contributed by atoms with Crippen LogP contribution in [0.1, 0.15) is 24.2 Å². The molecule has 2 rings (SSSR count). The van der Waals surface area contributed by atoms with Gasteiger partial charge in [-0.3, -0.25) is 4.90 Å². The standard InChI is InChI=1S/C15H21N3O/c1-12-10-18(8-7-17(12)2)11-15(19)14-5-3-13(9-16)4-6-14/h3-6,12,15,19H,7-8,10-11H2,1-2H3. The van der Waals surface area contributed by atoms with Gasteiger partial charge in [0.2, 0.25) is 0 Å². The zero-order chi connectivity index (χ0) is 13.8. The quantitative estimate of drug-likeness (QED) is 0.887. The SMILES string of the molecule is CC1CN(CC(O)c2ccc(C#N)cc2)CCN1C. The van der Waals surface area contributed by atoms with Crippen LogP contribution >= 0.6 is 0 Å². The number of piperazine rings is 1. The first-order valence-corrected chi connectivity index (χ1v) is 6.71. The number of β-amino-alcohol motifs (C(OH)–C–C–N with tert-alkyl or cyclic N) is 1. The minimum Gasteiger partial charge on any atom is -0.387 e. The van der Waals surface area contributed by atoms with Crippen LogP contribution in [0.2, 0.25) is 0 Å². The molecule has 0 saturated carbocycles. The van der Waals surface area contributed by atoms with Gasteiger partial charge in [0.05, 0.1) is 17.7 Å². The van der Waals surface area contributed by atoms with Gasteiger partial charge in [0, 0.05) is 32.2 Å². The average Bonchev–Trinajstić information content (AvgIpc) is 2.43. The Balaban J connectivity index is 1.93. The van der Waals surface area contributed by atoms with Crippen LogP contribution < -0.4 is 0 Å². The van der Waals surface area contributed by atoms with Gasteiger partial charge < -0.3 is 10.0 Å². The van der Waals surface area contributed by atoms with Gasteiger partial charge in [-0.1, -0.05) is 12.1 Å². The molecular formula is C15H21N3O. The molecule has 0 aliphatic carbocycles. The third-order valence-electron chi connectivity index (χ3n) is 3.90. The predicted molar refractivity (Wildman–Crippen MR) is 74.6 cm³/mol. The highest BCUT2D eigenvalue weighted by Crippen LogP contribution is 2.17. The van der Waals surface area contributed by atoms with Crippen LogP contribution in [0.5, 0.6) is 0 Å². The van der Waals surface area contributed by atoms with Crippen LogP contribution in [0.4, 0.5) is 0 Å². The van der Waals surface area contributed by atoms with E-state index >= 15 is 0 Å². The Morgan fingerprint density at radius 1 is 1.37 bits per heavy atom. The molecule has 1 aliphatic heterocycles. The molecule has 0 amide bonds. The van der Waals surface area contributed by atoms with Crippen molar-refractivity contribution < 1.29 is 5.11 Å². The summed E-state index contributed by atoms with van der Waals surface area (Å²) in [7, 11) is 2.14. The number of aliphatic hydroxyl groups excluding tert-OH is 1. The van der Waals surface area contributed by atoms with Gasteiger partial charge in [0.25, 0.3) is 0 Å². The van der Waals surface area contributed by atoms with Gasteiger partial charge in [-0.15, -0.1) is 0 Å². The van der Waals surface area contributed by atoms with E-state index in [1.165, 1.54) is 0 Å². The van der Waals surface area contributed by atoms with E-state index in [0.717, 1.165) is 25.2 Å². The summed E-state index contributed by atoms with van der Waals surface area (Å²) in [5.41, 5.74) is 1.51. The van der Waals surface area contributed by atoms with Crippen LogP contribution in [0, 0.1) is 11.3 Å². The van der Waals surface area contributed by atoms with Crippen LogP contribution in [-0.2, 0) is 0 Å². The number of hydrogen-bond donors (Lipinski definition) is 1. The summed E-state index contributed by atoms with van der Waals surface area (Å²) < 4.78 is 0. The first-order chi connectivity index (χ1) is 9.10. The number of nitriles is 1. The van der Waals surface area contributed by atoms with E-state index < -0.39 is 6.10 Å². The van der Waals surface area contributed by atoms with Gasteiger partial charge >= 0.3 is 0 Å². The summed E-state index contributed by atoms with van der Waals surface area (Å²) in [5.74, 6) is 0. The van der Waals surface area contributed by atoms with Crippen LogP contribution in [0.3, 0.4) is 0 Å². The highest BCUT2D eigenvalue weighted by Gasteiger charge is 2.22. The Hall–Kier alpha value is -1.41.